The number of alkyl halides is 7. The average molecular weight is 548 g/mol. The summed E-state index contributed by atoms with van der Waals surface area (Å²) in [5, 5.41) is 6.27. The molecule has 190 valence electrons. The van der Waals surface area contributed by atoms with E-state index in [1.165, 1.54) is 25.1 Å². The van der Waals surface area contributed by atoms with Crippen LogP contribution in [-0.2, 0) is 11.2 Å². The lowest BCUT2D eigenvalue weighted by Crippen LogP contribution is -2.58. The van der Waals surface area contributed by atoms with E-state index in [1.54, 1.807) is 0 Å². The fourth-order valence-corrected chi connectivity index (χ4v) is 3.57. The van der Waals surface area contributed by atoms with Crippen molar-refractivity contribution in [2.45, 2.75) is 44.2 Å². The normalized spacial score (nSPS) is 15.7. The number of amides is 2. The van der Waals surface area contributed by atoms with Gasteiger partial charge in [0.1, 0.15) is 5.76 Å². The molecule has 0 atom stereocenters. The number of aryl methyl sites for hydroxylation is 1. The predicted octanol–water partition coefficient (Wildman–Crippen LogP) is 6.14. The van der Waals surface area contributed by atoms with E-state index >= 15 is 0 Å². The number of furan rings is 1. The maximum Gasteiger partial charge on any atom is 0.460 e. The van der Waals surface area contributed by atoms with Crippen LogP contribution in [0.2, 0.25) is 10.0 Å². The molecule has 0 bridgehead atoms. The summed E-state index contributed by atoms with van der Waals surface area (Å²) in [5.41, 5.74) is 1.53. The minimum atomic E-state index is -6.67. The third kappa shape index (κ3) is 4.96. The molecule has 2 N–H and O–H groups in total. The number of nitrogens with zero attached hydrogens (tertiary/aromatic N) is 1. The third-order valence-corrected chi connectivity index (χ3v) is 5.78. The molecular weight excluding hydrogens is 534 g/mol. The van der Waals surface area contributed by atoms with Gasteiger partial charge in [-0.3, -0.25) is 9.59 Å². The Labute approximate surface area is 202 Å². The lowest BCUT2D eigenvalue weighted by Gasteiger charge is -2.26. The van der Waals surface area contributed by atoms with Gasteiger partial charge >= 0.3 is 23.9 Å². The SMILES string of the molecule is Cc1c(C(=O)Nc2ccc(Cl)c(Cl)c2)oc2c1/C(=N/NC(=O)C(F)(F)C(F)(F)C(F)(F)F)CCC2. The molecule has 1 aromatic heterocycles. The molecular formula is C20H14Cl2F7N3O3. The third-order valence-electron chi connectivity index (χ3n) is 5.04. The van der Waals surface area contributed by atoms with Gasteiger partial charge in [-0.15, -0.1) is 0 Å². The number of hydrazone groups is 1. The molecule has 15 heteroatoms. The summed E-state index contributed by atoms with van der Waals surface area (Å²) in [6.45, 7) is 1.42. The lowest BCUT2D eigenvalue weighted by molar-refractivity contribution is -0.344. The highest BCUT2D eigenvalue weighted by atomic mass is 35.5. The first-order valence-corrected chi connectivity index (χ1v) is 10.4. The minimum absolute atomic E-state index is 0.0305. The summed E-state index contributed by atoms with van der Waals surface area (Å²) in [7, 11) is 0. The molecule has 0 spiro atoms. The number of fused-ring (bicyclic) bond motifs is 1. The van der Waals surface area contributed by atoms with Gasteiger partial charge in [0.05, 0.1) is 15.8 Å². The number of nitrogens with one attached hydrogen (secondary N) is 2. The highest BCUT2D eigenvalue weighted by Crippen LogP contribution is 2.46. The van der Waals surface area contributed by atoms with E-state index in [9.17, 15) is 40.3 Å². The number of halogens is 9. The van der Waals surface area contributed by atoms with Crippen LogP contribution in [-0.4, -0.2) is 35.5 Å². The van der Waals surface area contributed by atoms with E-state index in [2.05, 4.69) is 10.4 Å². The number of hydrogen-bond donors (Lipinski definition) is 2. The van der Waals surface area contributed by atoms with Crippen LogP contribution >= 0.6 is 23.2 Å². The Bertz CT molecular complexity index is 1210. The van der Waals surface area contributed by atoms with Gasteiger partial charge in [0.25, 0.3) is 5.91 Å². The summed E-state index contributed by atoms with van der Waals surface area (Å²) < 4.78 is 95.7. The van der Waals surface area contributed by atoms with Gasteiger partial charge in [-0.25, -0.2) is 5.43 Å². The molecule has 1 aromatic carbocycles. The van der Waals surface area contributed by atoms with E-state index in [0.29, 0.717) is 6.42 Å². The second-order valence-corrected chi connectivity index (χ2v) is 8.25. The molecule has 35 heavy (non-hydrogen) atoms. The van der Waals surface area contributed by atoms with Crippen molar-refractivity contribution in [3.05, 3.63) is 50.9 Å². The van der Waals surface area contributed by atoms with Crippen molar-refractivity contribution in [2.24, 2.45) is 5.10 Å². The van der Waals surface area contributed by atoms with Crippen LogP contribution in [0.1, 0.15) is 40.3 Å². The van der Waals surface area contributed by atoms with E-state index in [1.807, 2.05) is 0 Å². The standard InChI is InChI=1S/C20H14Cl2F7N3O3/c1-8-14-12(31-32-17(34)18(23,24)19(25,26)20(27,28)29)3-2-4-13(14)35-15(8)16(33)30-9-5-6-10(21)11(22)7-9/h5-7H,2-4H2,1H3,(H,30,33)(H,32,34)/b31-12+. The Morgan fingerprint density at radius 2 is 1.69 bits per heavy atom. The van der Waals surface area contributed by atoms with Crippen LogP contribution in [0.5, 0.6) is 0 Å². The first-order valence-electron chi connectivity index (χ1n) is 9.66. The molecule has 0 radical (unpaired) electrons. The Morgan fingerprint density at radius 1 is 1.03 bits per heavy atom. The van der Waals surface area contributed by atoms with E-state index in [-0.39, 0.29) is 56.9 Å². The second-order valence-electron chi connectivity index (χ2n) is 7.44. The topological polar surface area (TPSA) is 83.7 Å². The van der Waals surface area contributed by atoms with Crippen molar-refractivity contribution in [1.82, 2.24) is 5.43 Å². The zero-order valence-corrected chi connectivity index (χ0v) is 18.9. The van der Waals surface area contributed by atoms with E-state index in [0.717, 1.165) is 5.43 Å². The first-order chi connectivity index (χ1) is 16.1. The summed E-state index contributed by atoms with van der Waals surface area (Å²) >= 11 is 11.7. The van der Waals surface area contributed by atoms with Crippen molar-refractivity contribution >= 4 is 46.4 Å². The van der Waals surface area contributed by atoms with Crippen molar-refractivity contribution in [3.63, 3.8) is 0 Å². The van der Waals surface area contributed by atoms with Crippen LogP contribution in [0, 0.1) is 6.92 Å². The molecule has 0 aliphatic heterocycles. The van der Waals surface area contributed by atoms with Gasteiger partial charge in [0, 0.05) is 23.2 Å². The number of rotatable bonds is 5. The molecule has 0 unspecified atom stereocenters. The number of anilines is 1. The fraction of sp³-hybridized carbons (Fsp3) is 0.350. The highest BCUT2D eigenvalue weighted by Gasteiger charge is 2.76. The van der Waals surface area contributed by atoms with Gasteiger partial charge in [-0.2, -0.15) is 35.8 Å². The van der Waals surface area contributed by atoms with Crippen molar-refractivity contribution in [1.29, 1.82) is 0 Å². The Kier molecular flexibility index (Phi) is 7.15. The number of hydrogen-bond acceptors (Lipinski definition) is 4. The summed E-state index contributed by atoms with van der Waals surface area (Å²) in [6, 6.07) is 4.27. The molecule has 0 saturated carbocycles. The summed E-state index contributed by atoms with van der Waals surface area (Å²) in [6.07, 6.45) is -6.05. The van der Waals surface area contributed by atoms with Crippen LogP contribution < -0.4 is 10.7 Å². The molecule has 1 aliphatic rings. The maximum atomic E-state index is 13.6. The first kappa shape index (κ1) is 26.8. The molecule has 0 saturated heterocycles. The van der Waals surface area contributed by atoms with Gasteiger partial charge in [-0.05, 0) is 38.0 Å². The number of carbonyl (C=O) groups excluding carboxylic acids is 2. The average Bonchev–Trinajstić information content (AvgIpc) is 3.11. The predicted molar refractivity (Wildman–Crippen MR) is 111 cm³/mol. The van der Waals surface area contributed by atoms with Gasteiger partial charge in [0.2, 0.25) is 0 Å². The molecule has 2 amide bonds. The van der Waals surface area contributed by atoms with Crippen molar-refractivity contribution in [2.75, 3.05) is 5.32 Å². The smallest absolute Gasteiger partial charge is 0.455 e. The molecule has 6 nitrogen and oxygen atoms in total. The van der Waals surface area contributed by atoms with Gasteiger partial charge < -0.3 is 9.73 Å². The monoisotopic (exact) mass is 547 g/mol. The largest absolute Gasteiger partial charge is 0.460 e. The zero-order chi connectivity index (χ0) is 26.3. The van der Waals surface area contributed by atoms with E-state index < -0.39 is 29.8 Å². The summed E-state index contributed by atoms with van der Waals surface area (Å²) in [5.74, 6) is -16.4. The van der Waals surface area contributed by atoms with Crippen LogP contribution in [0.15, 0.2) is 27.7 Å². The van der Waals surface area contributed by atoms with Crippen molar-refractivity contribution in [3.8, 4) is 0 Å². The van der Waals surface area contributed by atoms with Crippen LogP contribution in [0.25, 0.3) is 0 Å². The van der Waals surface area contributed by atoms with Crippen LogP contribution in [0.4, 0.5) is 36.4 Å². The Morgan fingerprint density at radius 3 is 2.29 bits per heavy atom. The van der Waals surface area contributed by atoms with Gasteiger partial charge in [-0.1, -0.05) is 23.2 Å². The maximum absolute atomic E-state index is 13.6. The van der Waals surface area contributed by atoms with Gasteiger partial charge in [0.15, 0.2) is 5.76 Å². The Balaban J connectivity index is 1.85. The zero-order valence-electron chi connectivity index (χ0n) is 17.4. The fourth-order valence-electron chi connectivity index (χ4n) is 3.27. The molecule has 1 heterocycles. The van der Waals surface area contributed by atoms with E-state index in [4.69, 9.17) is 27.6 Å². The second kappa shape index (κ2) is 9.34. The van der Waals surface area contributed by atoms with Crippen LogP contribution in [0.3, 0.4) is 0 Å². The lowest BCUT2D eigenvalue weighted by atomic mass is 9.93. The quantitative estimate of drug-likeness (QED) is 0.348. The highest BCUT2D eigenvalue weighted by molar-refractivity contribution is 6.42. The number of carbonyl (C=O) groups is 2. The molecule has 2 aromatic rings. The molecule has 3 rings (SSSR count). The molecule has 0 fully saturated rings. The number of benzene rings is 1. The molecule has 1 aliphatic carbocycles. The van der Waals surface area contributed by atoms with Crippen molar-refractivity contribution < 1.29 is 44.7 Å². The minimum Gasteiger partial charge on any atom is -0.455 e. The Hall–Kier alpha value is -2.80. The summed E-state index contributed by atoms with van der Waals surface area (Å²) in [4.78, 5) is 24.2.